The van der Waals surface area contributed by atoms with Crippen LogP contribution in [-0.4, -0.2) is 50.1 Å². The van der Waals surface area contributed by atoms with Crippen molar-refractivity contribution in [2.45, 2.75) is 50.2 Å². The molecule has 0 aliphatic carbocycles. The number of sulfonamides is 1. The predicted octanol–water partition coefficient (Wildman–Crippen LogP) is 2.69. The third-order valence-electron chi connectivity index (χ3n) is 3.44. The van der Waals surface area contributed by atoms with Crippen LogP contribution in [0.5, 0.6) is 0 Å². The molecule has 0 heterocycles. The molecule has 2 N–H and O–H groups in total. The topological polar surface area (TPSA) is 116 Å². The first kappa shape index (κ1) is 24.1. The van der Waals surface area contributed by atoms with E-state index in [1.807, 2.05) is 0 Å². The Bertz CT molecular complexity index is 825. The van der Waals surface area contributed by atoms with E-state index in [1.54, 1.807) is 0 Å². The number of ether oxygens (including phenoxy) is 2. The molecule has 0 radical (unpaired) electrons. The Morgan fingerprint density at radius 3 is 2.39 bits per heavy atom. The average Bonchev–Trinajstić information content (AvgIpc) is 2.55. The van der Waals surface area contributed by atoms with Gasteiger partial charge in [0.25, 0.3) is 10.0 Å². The maximum Gasteiger partial charge on any atom is 0.425 e. The van der Waals surface area contributed by atoms with E-state index in [0.717, 1.165) is 25.3 Å². The van der Waals surface area contributed by atoms with Crippen LogP contribution in [0.2, 0.25) is 5.02 Å². The number of hydrogen-bond acceptors (Lipinski definition) is 7. The summed E-state index contributed by atoms with van der Waals surface area (Å²) in [5.41, 5.74) is 4.41. The second kappa shape index (κ2) is 9.53. The molecule has 0 unspecified atom stereocenters. The predicted molar refractivity (Wildman–Crippen MR) is 101 cm³/mol. The molecule has 11 heteroatoms. The van der Waals surface area contributed by atoms with Crippen LogP contribution in [0.25, 0.3) is 0 Å². The van der Waals surface area contributed by atoms with Gasteiger partial charge < -0.3 is 15.2 Å². The number of amides is 1. The van der Waals surface area contributed by atoms with E-state index in [4.69, 9.17) is 22.1 Å². The molecule has 0 saturated heterocycles. The lowest BCUT2D eigenvalue weighted by Crippen LogP contribution is -2.50. The van der Waals surface area contributed by atoms with Crippen molar-refractivity contribution < 1.29 is 31.9 Å². The number of nitrogens with zero attached hydrogens (tertiary/aromatic N) is 1. The summed E-state index contributed by atoms with van der Waals surface area (Å²) in [4.78, 5) is 24.5. The SMILES string of the molecule is COC(=O)[C@@H](CCCN)N(C(=O)OC(C)(C)C)S(=O)(=O)c1ccc(F)cc1Cl. The molecule has 0 aliphatic rings. The lowest BCUT2D eigenvalue weighted by molar-refractivity contribution is -0.145. The highest BCUT2D eigenvalue weighted by atomic mass is 35.5. The third-order valence-corrected chi connectivity index (χ3v) is 5.70. The van der Waals surface area contributed by atoms with Crippen molar-refractivity contribution in [3.63, 3.8) is 0 Å². The Labute approximate surface area is 168 Å². The first-order valence-electron chi connectivity index (χ1n) is 8.35. The zero-order valence-electron chi connectivity index (χ0n) is 16.1. The van der Waals surface area contributed by atoms with Gasteiger partial charge in [0.2, 0.25) is 0 Å². The van der Waals surface area contributed by atoms with Crippen LogP contribution in [0, 0.1) is 5.82 Å². The van der Waals surface area contributed by atoms with E-state index in [2.05, 4.69) is 4.74 Å². The Balaban J connectivity index is 3.58. The summed E-state index contributed by atoms with van der Waals surface area (Å²) < 4.78 is 49.9. The van der Waals surface area contributed by atoms with Gasteiger partial charge in [-0.3, -0.25) is 0 Å². The van der Waals surface area contributed by atoms with Gasteiger partial charge in [-0.25, -0.2) is 22.4 Å². The molecule has 0 spiro atoms. The number of nitrogens with two attached hydrogens (primary N) is 1. The molecular weight excluding hydrogens is 415 g/mol. The van der Waals surface area contributed by atoms with Crippen molar-refractivity contribution in [3.05, 3.63) is 29.0 Å². The van der Waals surface area contributed by atoms with Crippen LogP contribution in [-0.2, 0) is 24.3 Å². The fourth-order valence-corrected chi connectivity index (χ4v) is 4.25. The summed E-state index contributed by atoms with van der Waals surface area (Å²) in [6.45, 7) is 4.75. The number of carbonyl (C=O) groups excluding carboxylic acids is 2. The largest absolute Gasteiger partial charge is 0.467 e. The van der Waals surface area contributed by atoms with Crippen molar-refractivity contribution in [2.75, 3.05) is 13.7 Å². The number of rotatable bonds is 7. The van der Waals surface area contributed by atoms with Gasteiger partial charge in [0, 0.05) is 0 Å². The van der Waals surface area contributed by atoms with Crippen molar-refractivity contribution in [1.29, 1.82) is 0 Å². The van der Waals surface area contributed by atoms with Gasteiger partial charge in [0.15, 0.2) is 0 Å². The first-order chi connectivity index (χ1) is 12.8. The van der Waals surface area contributed by atoms with Gasteiger partial charge in [-0.1, -0.05) is 11.6 Å². The highest BCUT2D eigenvalue weighted by molar-refractivity contribution is 7.89. The minimum absolute atomic E-state index is 0.0968. The molecule has 1 amide bonds. The molecule has 1 aromatic rings. The monoisotopic (exact) mass is 438 g/mol. The standard InChI is InChI=1S/C17H24ClFN2O6S/c1-17(2,3)27-16(23)21(13(6-5-9-20)15(22)26-4)28(24,25)14-8-7-11(19)10-12(14)18/h7-8,10,13H,5-6,9,20H2,1-4H3/t13-/m1/s1. The van der Waals surface area contributed by atoms with E-state index in [-0.39, 0.29) is 23.7 Å². The summed E-state index contributed by atoms with van der Waals surface area (Å²) in [6, 6.07) is 1.03. The van der Waals surface area contributed by atoms with Gasteiger partial charge >= 0.3 is 12.1 Å². The number of hydrogen-bond donors (Lipinski definition) is 1. The Hall–Kier alpha value is -1.91. The zero-order chi connectivity index (χ0) is 21.7. The maximum atomic E-state index is 13.4. The Morgan fingerprint density at radius 1 is 1.32 bits per heavy atom. The van der Waals surface area contributed by atoms with Crippen LogP contribution in [0.1, 0.15) is 33.6 Å². The molecule has 8 nitrogen and oxygen atoms in total. The molecule has 0 aromatic heterocycles. The molecule has 0 bridgehead atoms. The molecule has 1 rings (SSSR count). The van der Waals surface area contributed by atoms with E-state index in [9.17, 15) is 22.4 Å². The molecule has 1 atom stereocenters. The summed E-state index contributed by atoms with van der Waals surface area (Å²) >= 11 is 5.88. The summed E-state index contributed by atoms with van der Waals surface area (Å²) in [6.07, 6.45) is -1.16. The third kappa shape index (κ3) is 6.05. The van der Waals surface area contributed by atoms with Crippen molar-refractivity contribution in [3.8, 4) is 0 Å². The van der Waals surface area contributed by atoms with E-state index >= 15 is 0 Å². The van der Waals surface area contributed by atoms with Crippen molar-refractivity contribution in [2.24, 2.45) is 5.73 Å². The molecule has 1 aromatic carbocycles. The molecule has 0 aliphatic heterocycles. The highest BCUT2D eigenvalue weighted by Crippen LogP contribution is 2.29. The normalized spacial score (nSPS) is 13.0. The van der Waals surface area contributed by atoms with E-state index in [1.165, 1.54) is 20.8 Å². The van der Waals surface area contributed by atoms with Crippen molar-refractivity contribution >= 4 is 33.7 Å². The van der Waals surface area contributed by atoms with Crippen LogP contribution in [0.4, 0.5) is 9.18 Å². The van der Waals surface area contributed by atoms with Crippen LogP contribution < -0.4 is 5.73 Å². The van der Waals surface area contributed by atoms with Crippen LogP contribution in [0.3, 0.4) is 0 Å². The second-order valence-electron chi connectivity index (χ2n) is 6.83. The van der Waals surface area contributed by atoms with E-state index in [0.29, 0.717) is 0 Å². The average molecular weight is 439 g/mol. The quantitative estimate of drug-likeness (QED) is 0.650. The fourth-order valence-electron chi connectivity index (χ4n) is 2.27. The molecule has 0 fully saturated rings. The molecule has 0 saturated carbocycles. The zero-order valence-corrected chi connectivity index (χ0v) is 17.6. The second-order valence-corrected chi connectivity index (χ2v) is 9.02. The van der Waals surface area contributed by atoms with Gasteiger partial charge in [0.1, 0.15) is 22.4 Å². The molecular formula is C17H24ClFN2O6S. The minimum atomic E-state index is -4.69. The lowest BCUT2D eigenvalue weighted by atomic mass is 10.1. The van der Waals surface area contributed by atoms with Gasteiger partial charge in [-0.05, 0) is 58.4 Å². The van der Waals surface area contributed by atoms with Crippen LogP contribution >= 0.6 is 11.6 Å². The summed E-state index contributed by atoms with van der Waals surface area (Å²) in [5.74, 6) is -1.73. The Kier molecular flexibility index (Phi) is 8.21. The summed E-state index contributed by atoms with van der Waals surface area (Å²) in [5, 5.41) is -0.448. The number of carbonyl (C=O) groups is 2. The van der Waals surface area contributed by atoms with Gasteiger partial charge in [0.05, 0.1) is 12.1 Å². The number of methoxy groups -OCH3 is 1. The Morgan fingerprint density at radius 2 is 1.93 bits per heavy atom. The first-order valence-corrected chi connectivity index (χ1v) is 10.2. The number of benzene rings is 1. The highest BCUT2D eigenvalue weighted by Gasteiger charge is 2.43. The maximum absolute atomic E-state index is 13.4. The van der Waals surface area contributed by atoms with Gasteiger partial charge in [-0.15, -0.1) is 0 Å². The number of esters is 1. The molecule has 158 valence electrons. The van der Waals surface area contributed by atoms with Crippen LogP contribution in [0.15, 0.2) is 23.1 Å². The van der Waals surface area contributed by atoms with Crippen molar-refractivity contribution in [1.82, 2.24) is 4.31 Å². The molecule has 28 heavy (non-hydrogen) atoms. The summed E-state index contributed by atoms with van der Waals surface area (Å²) in [7, 11) is -3.63. The lowest BCUT2D eigenvalue weighted by Gasteiger charge is -2.31. The van der Waals surface area contributed by atoms with E-state index < -0.39 is 49.5 Å². The fraction of sp³-hybridized carbons (Fsp3) is 0.529. The van der Waals surface area contributed by atoms with Gasteiger partial charge in [-0.2, -0.15) is 4.31 Å². The minimum Gasteiger partial charge on any atom is -0.467 e. The number of halogens is 2. The smallest absolute Gasteiger partial charge is 0.425 e.